The van der Waals surface area contributed by atoms with E-state index in [-0.39, 0.29) is 24.3 Å². The van der Waals surface area contributed by atoms with Crippen molar-refractivity contribution in [1.82, 2.24) is 0 Å². The second-order valence-electron chi connectivity index (χ2n) is 6.05. The summed E-state index contributed by atoms with van der Waals surface area (Å²) in [6, 6.07) is 7.93. The summed E-state index contributed by atoms with van der Waals surface area (Å²) in [7, 11) is -3.99. The van der Waals surface area contributed by atoms with E-state index in [2.05, 4.69) is 6.58 Å². The van der Waals surface area contributed by atoms with Crippen LogP contribution < -0.4 is 0 Å². The van der Waals surface area contributed by atoms with E-state index < -0.39 is 32.6 Å². The number of hydrogen-bond donors (Lipinski definition) is 1. The van der Waals surface area contributed by atoms with Crippen LogP contribution in [0.4, 0.5) is 0 Å². The molecule has 0 saturated carbocycles. The van der Waals surface area contributed by atoms with Gasteiger partial charge in [0.25, 0.3) is 0 Å². The summed E-state index contributed by atoms with van der Waals surface area (Å²) >= 11 is 0. The van der Waals surface area contributed by atoms with Crippen molar-refractivity contribution in [3.8, 4) is 0 Å². The number of aliphatic hydroxyl groups is 1. The smallest absolute Gasteiger partial charge is 0.328 e. The molecule has 0 unspecified atom stereocenters. The first kappa shape index (κ1) is 18.7. The van der Waals surface area contributed by atoms with Crippen molar-refractivity contribution >= 4 is 15.8 Å². The van der Waals surface area contributed by atoms with Gasteiger partial charge in [0.05, 0.1) is 4.90 Å². The van der Waals surface area contributed by atoms with Gasteiger partial charge in [0.15, 0.2) is 14.6 Å². The number of allylic oxidation sites excluding steroid dienone is 1. The second-order valence-corrected chi connectivity index (χ2v) is 8.26. The zero-order valence-electron chi connectivity index (χ0n) is 13.8. The fraction of sp³-hybridized carbons (Fsp3) is 0.500. The maximum Gasteiger partial charge on any atom is 0.328 e. The molecule has 1 fully saturated rings. The number of carbonyl (C=O) groups excluding carboxylic acids is 1. The summed E-state index contributed by atoms with van der Waals surface area (Å²) in [6.45, 7) is 5.39. The van der Waals surface area contributed by atoms with Gasteiger partial charge in [-0.05, 0) is 31.4 Å². The van der Waals surface area contributed by atoms with Gasteiger partial charge in [-0.15, -0.1) is 6.58 Å². The molecule has 1 aliphatic heterocycles. The molecule has 5 nitrogen and oxygen atoms in total. The Morgan fingerprint density at radius 1 is 1.29 bits per heavy atom. The van der Waals surface area contributed by atoms with E-state index in [1.54, 1.807) is 18.2 Å². The Hall–Kier alpha value is -1.66. The van der Waals surface area contributed by atoms with Gasteiger partial charge in [-0.3, -0.25) is 4.79 Å². The molecule has 1 aromatic rings. The first-order valence-electron chi connectivity index (χ1n) is 8.18. The Labute approximate surface area is 143 Å². The van der Waals surface area contributed by atoms with Gasteiger partial charge in [-0.2, -0.15) is 0 Å². The fourth-order valence-corrected chi connectivity index (χ4v) is 5.76. The van der Waals surface area contributed by atoms with Gasteiger partial charge in [0, 0.05) is 12.5 Å². The lowest BCUT2D eigenvalue weighted by Gasteiger charge is -2.31. The van der Waals surface area contributed by atoms with Crippen LogP contribution in [0.25, 0.3) is 0 Å². The van der Waals surface area contributed by atoms with Crippen LogP contribution in [0.15, 0.2) is 47.9 Å². The van der Waals surface area contributed by atoms with Crippen molar-refractivity contribution in [2.45, 2.75) is 48.4 Å². The van der Waals surface area contributed by atoms with Crippen LogP contribution in [0.3, 0.4) is 0 Å². The number of rotatable bonds is 8. The van der Waals surface area contributed by atoms with Gasteiger partial charge in [0.1, 0.15) is 6.10 Å². The summed E-state index contributed by atoms with van der Waals surface area (Å²) in [5, 5.41) is 9.45. The lowest BCUT2D eigenvalue weighted by molar-refractivity contribution is -0.143. The SMILES string of the molecule is C=CC[C@@]1(S(=O)(=O)c2ccccc2)C(=O)O[C@H](CCC)[C@H]1CCO. The molecule has 0 radical (unpaired) electrons. The molecule has 0 bridgehead atoms. The van der Waals surface area contributed by atoms with Gasteiger partial charge in [-0.25, -0.2) is 8.42 Å². The summed E-state index contributed by atoms with van der Waals surface area (Å²) in [6.07, 6.45) is 2.42. The van der Waals surface area contributed by atoms with Crippen molar-refractivity contribution in [3.63, 3.8) is 0 Å². The second kappa shape index (κ2) is 7.49. The number of sulfone groups is 1. The quantitative estimate of drug-likeness (QED) is 0.574. The van der Waals surface area contributed by atoms with Crippen LogP contribution >= 0.6 is 0 Å². The number of esters is 1. The zero-order valence-corrected chi connectivity index (χ0v) is 14.7. The van der Waals surface area contributed by atoms with Gasteiger partial charge < -0.3 is 9.84 Å². The van der Waals surface area contributed by atoms with Crippen LogP contribution in [0, 0.1) is 5.92 Å². The summed E-state index contributed by atoms with van der Waals surface area (Å²) in [5.74, 6) is -1.33. The number of hydrogen-bond acceptors (Lipinski definition) is 5. The highest BCUT2D eigenvalue weighted by atomic mass is 32.2. The van der Waals surface area contributed by atoms with E-state index >= 15 is 0 Å². The fourth-order valence-electron chi connectivity index (χ4n) is 3.55. The lowest BCUT2D eigenvalue weighted by atomic mass is 9.83. The van der Waals surface area contributed by atoms with Crippen LogP contribution in [0.2, 0.25) is 0 Å². The predicted molar refractivity (Wildman–Crippen MR) is 91.2 cm³/mol. The molecule has 0 amide bonds. The molecule has 1 aromatic carbocycles. The molecule has 6 heteroatoms. The highest BCUT2D eigenvalue weighted by Gasteiger charge is 2.64. The molecular weight excluding hydrogens is 328 g/mol. The predicted octanol–water partition coefficient (Wildman–Crippen LogP) is 2.50. The van der Waals surface area contributed by atoms with E-state index in [9.17, 15) is 18.3 Å². The van der Waals surface area contributed by atoms with Crippen LogP contribution in [-0.2, 0) is 19.4 Å². The molecular formula is C18H24O5S. The summed E-state index contributed by atoms with van der Waals surface area (Å²) < 4.78 is 30.5. The Balaban J connectivity index is 2.63. The number of benzene rings is 1. The Morgan fingerprint density at radius 3 is 2.50 bits per heavy atom. The largest absolute Gasteiger partial charge is 0.461 e. The third-order valence-electron chi connectivity index (χ3n) is 4.65. The van der Waals surface area contributed by atoms with E-state index in [0.717, 1.165) is 6.42 Å². The average molecular weight is 352 g/mol. The highest BCUT2D eigenvalue weighted by molar-refractivity contribution is 7.93. The van der Waals surface area contributed by atoms with Crippen molar-refractivity contribution in [1.29, 1.82) is 0 Å². The van der Waals surface area contributed by atoms with E-state index in [0.29, 0.717) is 6.42 Å². The first-order valence-corrected chi connectivity index (χ1v) is 9.66. The lowest BCUT2D eigenvalue weighted by Crippen LogP contribution is -2.49. The van der Waals surface area contributed by atoms with Crippen molar-refractivity contribution < 1.29 is 23.1 Å². The average Bonchev–Trinajstić information content (AvgIpc) is 2.83. The summed E-state index contributed by atoms with van der Waals surface area (Å²) in [4.78, 5) is 12.8. The monoisotopic (exact) mass is 352 g/mol. The van der Waals surface area contributed by atoms with E-state index in [1.807, 2.05) is 6.92 Å². The first-order chi connectivity index (χ1) is 11.5. The standard InChI is InChI=1S/C18H24O5S/c1-3-8-16-15(11-13-19)18(12-4-2,17(20)23-16)24(21,22)14-9-6-5-7-10-14/h4-7,9-10,15-16,19H,2-3,8,11-13H2,1H3/t15-,16-,18+/m1/s1. The minimum atomic E-state index is -3.99. The maximum atomic E-state index is 13.4. The van der Waals surface area contributed by atoms with Crippen molar-refractivity contribution in [2.24, 2.45) is 5.92 Å². The molecule has 2 rings (SSSR count). The summed E-state index contributed by atoms with van der Waals surface area (Å²) in [5.41, 5.74) is 0. The Bertz CT molecular complexity index is 683. The minimum absolute atomic E-state index is 0.0338. The molecule has 1 heterocycles. The van der Waals surface area contributed by atoms with Crippen LogP contribution in [-0.4, -0.2) is 37.0 Å². The van der Waals surface area contributed by atoms with E-state index in [1.165, 1.54) is 18.2 Å². The normalized spacial score (nSPS) is 27.0. The number of aliphatic hydroxyl groups excluding tert-OH is 1. The molecule has 0 aromatic heterocycles. The Morgan fingerprint density at radius 2 is 1.96 bits per heavy atom. The van der Waals surface area contributed by atoms with Gasteiger partial charge in [0.2, 0.25) is 0 Å². The molecule has 3 atom stereocenters. The highest BCUT2D eigenvalue weighted by Crippen LogP contribution is 2.47. The van der Waals surface area contributed by atoms with Gasteiger partial charge in [-0.1, -0.05) is 37.6 Å². The molecule has 1 saturated heterocycles. The molecule has 1 N–H and O–H groups in total. The third-order valence-corrected chi connectivity index (χ3v) is 7.13. The molecule has 1 aliphatic rings. The molecule has 0 spiro atoms. The van der Waals surface area contributed by atoms with E-state index in [4.69, 9.17) is 4.74 Å². The van der Waals surface area contributed by atoms with Crippen molar-refractivity contribution in [2.75, 3.05) is 6.61 Å². The number of ether oxygens (including phenoxy) is 1. The maximum absolute atomic E-state index is 13.4. The Kier molecular flexibility index (Phi) is 5.83. The molecule has 132 valence electrons. The zero-order chi connectivity index (χ0) is 17.8. The topological polar surface area (TPSA) is 80.7 Å². The number of cyclic esters (lactones) is 1. The third kappa shape index (κ3) is 2.89. The van der Waals surface area contributed by atoms with Crippen LogP contribution in [0.1, 0.15) is 32.6 Å². The van der Waals surface area contributed by atoms with Crippen LogP contribution in [0.5, 0.6) is 0 Å². The number of carbonyl (C=O) groups is 1. The molecule has 0 aliphatic carbocycles. The van der Waals surface area contributed by atoms with Crippen molar-refractivity contribution in [3.05, 3.63) is 43.0 Å². The molecule has 24 heavy (non-hydrogen) atoms. The van der Waals surface area contributed by atoms with Gasteiger partial charge >= 0.3 is 5.97 Å². The minimum Gasteiger partial charge on any atom is -0.461 e.